The van der Waals surface area contributed by atoms with E-state index in [-0.39, 0.29) is 24.5 Å². The average Bonchev–Trinajstić information content (AvgIpc) is 2.89. The fraction of sp³-hybridized carbons (Fsp3) is 0.500. The topological polar surface area (TPSA) is 65.1 Å². The minimum atomic E-state index is -0.155. The third-order valence-corrected chi connectivity index (χ3v) is 3.97. The van der Waals surface area contributed by atoms with Crippen LogP contribution in [0.3, 0.4) is 0 Å². The van der Waals surface area contributed by atoms with Crippen molar-refractivity contribution in [2.75, 3.05) is 6.61 Å². The van der Waals surface area contributed by atoms with E-state index in [1.54, 1.807) is 0 Å². The van der Waals surface area contributed by atoms with E-state index >= 15 is 0 Å². The van der Waals surface area contributed by atoms with E-state index in [1.165, 1.54) is 5.39 Å². The molecule has 22 heavy (non-hydrogen) atoms. The highest BCUT2D eigenvalue weighted by Crippen LogP contribution is 2.21. The van der Waals surface area contributed by atoms with Crippen LogP contribution >= 0.6 is 0 Å². The molecule has 0 aliphatic rings. The summed E-state index contributed by atoms with van der Waals surface area (Å²) in [7, 11) is 0. The molecule has 120 valence electrons. The molecule has 4 heteroatoms. The lowest BCUT2D eigenvalue weighted by Crippen LogP contribution is -2.41. The first-order chi connectivity index (χ1) is 10.5. The van der Waals surface area contributed by atoms with Gasteiger partial charge in [-0.1, -0.05) is 39.0 Å². The van der Waals surface area contributed by atoms with Gasteiger partial charge in [0.2, 0.25) is 5.91 Å². The number of aliphatic hydroxyl groups is 1. The molecule has 2 aromatic rings. The third-order valence-electron chi connectivity index (χ3n) is 3.97. The minimum absolute atomic E-state index is 0.00461. The maximum absolute atomic E-state index is 12.3. The number of benzene rings is 1. The first kappa shape index (κ1) is 16.6. The number of aliphatic hydroxyl groups excluding tert-OH is 1. The van der Waals surface area contributed by atoms with Gasteiger partial charge in [-0.3, -0.25) is 4.79 Å². The molecule has 0 spiro atoms. The van der Waals surface area contributed by atoms with E-state index < -0.39 is 0 Å². The number of fused-ring (bicyclic) bond motifs is 1. The van der Waals surface area contributed by atoms with Crippen LogP contribution in [0.15, 0.2) is 30.5 Å². The van der Waals surface area contributed by atoms with Crippen LogP contribution in [0.1, 0.15) is 32.8 Å². The summed E-state index contributed by atoms with van der Waals surface area (Å²) in [6.45, 7) is 6.10. The second kappa shape index (κ2) is 7.45. The maximum atomic E-state index is 12.3. The van der Waals surface area contributed by atoms with Gasteiger partial charge < -0.3 is 15.4 Å². The van der Waals surface area contributed by atoms with Crippen LogP contribution in [0.5, 0.6) is 0 Å². The van der Waals surface area contributed by atoms with Gasteiger partial charge in [-0.2, -0.15) is 0 Å². The Morgan fingerprint density at radius 1 is 1.27 bits per heavy atom. The van der Waals surface area contributed by atoms with Gasteiger partial charge >= 0.3 is 0 Å². The molecular formula is C18H26N2O2. The summed E-state index contributed by atoms with van der Waals surface area (Å²) in [6.07, 6.45) is 3.46. The summed E-state index contributed by atoms with van der Waals surface area (Å²) in [5.41, 5.74) is 2.25. The first-order valence-corrected chi connectivity index (χ1v) is 7.97. The summed E-state index contributed by atoms with van der Waals surface area (Å²) < 4.78 is 0. The molecule has 0 radical (unpaired) electrons. The number of aromatic amines is 1. The summed E-state index contributed by atoms with van der Waals surface area (Å²) in [5, 5.41) is 13.5. The van der Waals surface area contributed by atoms with E-state index in [4.69, 9.17) is 0 Å². The molecule has 4 nitrogen and oxygen atoms in total. The molecule has 0 fully saturated rings. The second-order valence-corrected chi connectivity index (χ2v) is 6.48. The largest absolute Gasteiger partial charge is 0.394 e. The number of H-pyrrole nitrogens is 1. The summed E-state index contributed by atoms with van der Waals surface area (Å²) in [6, 6.07) is 7.96. The van der Waals surface area contributed by atoms with Crippen molar-refractivity contribution in [3.8, 4) is 0 Å². The molecule has 0 aliphatic heterocycles. The fourth-order valence-corrected chi connectivity index (χ4v) is 2.81. The number of amides is 1. The van der Waals surface area contributed by atoms with Crippen LogP contribution < -0.4 is 5.32 Å². The normalized spacial score (nSPS) is 14.2. The van der Waals surface area contributed by atoms with Gasteiger partial charge in [-0.15, -0.1) is 0 Å². The van der Waals surface area contributed by atoms with Crippen molar-refractivity contribution in [3.63, 3.8) is 0 Å². The predicted octanol–water partition coefficient (Wildman–Crippen LogP) is 2.87. The quantitative estimate of drug-likeness (QED) is 0.736. The average molecular weight is 302 g/mol. The zero-order valence-electron chi connectivity index (χ0n) is 13.6. The molecule has 1 amide bonds. The Hall–Kier alpha value is -1.81. The van der Waals surface area contributed by atoms with Crippen molar-refractivity contribution in [1.82, 2.24) is 10.3 Å². The highest BCUT2D eigenvalue weighted by molar-refractivity contribution is 5.84. The van der Waals surface area contributed by atoms with Crippen LogP contribution in [0.2, 0.25) is 0 Å². The van der Waals surface area contributed by atoms with Gasteiger partial charge in [0, 0.05) is 23.0 Å². The van der Waals surface area contributed by atoms with E-state index in [0.29, 0.717) is 12.3 Å². The van der Waals surface area contributed by atoms with Crippen molar-refractivity contribution in [2.24, 2.45) is 11.8 Å². The molecule has 2 unspecified atom stereocenters. The number of rotatable bonds is 7. The lowest BCUT2D eigenvalue weighted by Gasteiger charge is -2.20. The van der Waals surface area contributed by atoms with Gasteiger partial charge in [-0.05, 0) is 30.4 Å². The lowest BCUT2D eigenvalue weighted by molar-refractivity contribution is -0.125. The minimum Gasteiger partial charge on any atom is -0.394 e. The third kappa shape index (κ3) is 4.10. The molecule has 1 heterocycles. The molecule has 2 rings (SSSR count). The monoisotopic (exact) mass is 302 g/mol. The summed E-state index contributed by atoms with van der Waals surface area (Å²) in [4.78, 5) is 15.6. The molecule has 0 bridgehead atoms. The van der Waals surface area contributed by atoms with Crippen LogP contribution in [0.4, 0.5) is 0 Å². The second-order valence-electron chi connectivity index (χ2n) is 6.48. The Morgan fingerprint density at radius 2 is 2.00 bits per heavy atom. The molecule has 2 atom stereocenters. The number of nitrogens with one attached hydrogen (secondary N) is 2. The Morgan fingerprint density at radius 3 is 2.68 bits per heavy atom. The molecule has 0 aliphatic carbocycles. The Labute approximate surface area is 131 Å². The molecule has 0 saturated carbocycles. The fourth-order valence-electron chi connectivity index (χ4n) is 2.81. The number of carbonyl (C=O) groups is 1. The molecule has 3 N–H and O–H groups in total. The number of aromatic nitrogens is 1. The Bertz CT molecular complexity index is 618. The van der Waals surface area contributed by atoms with Gasteiger partial charge in [0.05, 0.1) is 12.6 Å². The number of hydrogen-bond donors (Lipinski definition) is 3. The molecule has 1 aromatic heterocycles. The van der Waals surface area contributed by atoms with Crippen LogP contribution in [0, 0.1) is 11.8 Å². The Balaban J connectivity index is 1.99. The molecular weight excluding hydrogens is 276 g/mol. The van der Waals surface area contributed by atoms with Crippen molar-refractivity contribution in [2.45, 2.75) is 39.7 Å². The smallest absolute Gasteiger partial charge is 0.223 e. The number of para-hydroxylation sites is 1. The zero-order valence-corrected chi connectivity index (χ0v) is 13.6. The van der Waals surface area contributed by atoms with Crippen LogP contribution in [-0.2, 0) is 11.2 Å². The standard InChI is InChI=1S/C18H26N2O2/c1-12(2)8-15(11-21)20-18(22)13(3)9-14-10-19-17-7-5-4-6-16(14)17/h4-7,10,12-13,15,19,21H,8-9,11H2,1-3H3,(H,20,22). The predicted molar refractivity (Wildman–Crippen MR) is 89.6 cm³/mol. The van der Waals surface area contributed by atoms with Crippen molar-refractivity contribution in [1.29, 1.82) is 0 Å². The van der Waals surface area contributed by atoms with Crippen LogP contribution in [0.25, 0.3) is 10.9 Å². The number of hydrogen-bond acceptors (Lipinski definition) is 2. The first-order valence-electron chi connectivity index (χ1n) is 7.97. The van der Waals surface area contributed by atoms with Crippen molar-refractivity contribution < 1.29 is 9.90 Å². The van der Waals surface area contributed by atoms with Crippen LogP contribution in [-0.4, -0.2) is 28.6 Å². The highest BCUT2D eigenvalue weighted by atomic mass is 16.3. The molecule has 0 saturated heterocycles. The number of carbonyl (C=O) groups excluding carboxylic acids is 1. The van der Waals surface area contributed by atoms with E-state index in [1.807, 2.05) is 31.3 Å². The van der Waals surface area contributed by atoms with Crippen molar-refractivity contribution >= 4 is 16.8 Å². The van der Waals surface area contributed by atoms with Gasteiger partial charge in [0.15, 0.2) is 0 Å². The Kier molecular flexibility index (Phi) is 5.61. The van der Waals surface area contributed by atoms with Crippen molar-refractivity contribution in [3.05, 3.63) is 36.0 Å². The SMILES string of the molecule is CC(C)CC(CO)NC(=O)C(C)Cc1c[nH]c2ccccc12. The summed E-state index contributed by atoms with van der Waals surface area (Å²) in [5.74, 6) is 0.326. The summed E-state index contributed by atoms with van der Waals surface area (Å²) >= 11 is 0. The van der Waals surface area contributed by atoms with Gasteiger partial charge in [0.25, 0.3) is 0 Å². The maximum Gasteiger partial charge on any atom is 0.223 e. The van der Waals surface area contributed by atoms with Gasteiger partial charge in [0.1, 0.15) is 0 Å². The van der Waals surface area contributed by atoms with E-state index in [2.05, 4.69) is 30.2 Å². The lowest BCUT2D eigenvalue weighted by atomic mass is 9.98. The zero-order chi connectivity index (χ0) is 16.1. The molecule has 1 aromatic carbocycles. The van der Waals surface area contributed by atoms with Gasteiger partial charge in [-0.25, -0.2) is 0 Å². The van der Waals surface area contributed by atoms with E-state index in [0.717, 1.165) is 17.5 Å². The van der Waals surface area contributed by atoms with E-state index in [9.17, 15) is 9.90 Å². The highest BCUT2D eigenvalue weighted by Gasteiger charge is 2.19.